The Morgan fingerprint density at radius 1 is 1.50 bits per heavy atom. The predicted molar refractivity (Wildman–Crippen MR) is 78.1 cm³/mol. The Kier molecular flexibility index (Phi) is 5.01. The van der Waals surface area contributed by atoms with Crippen molar-refractivity contribution in [2.45, 2.75) is 32.7 Å². The number of carboxylic acid groups (broad SMARTS) is 1. The van der Waals surface area contributed by atoms with Crippen molar-refractivity contribution in [3.63, 3.8) is 0 Å². The van der Waals surface area contributed by atoms with Gasteiger partial charge in [0.2, 0.25) is 0 Å². The van der Waals surface area contributed by atoms with Gasteiger partial charge in [0, 0.05) is 19.1 Å². The fourth-order valence-electron chi connectivity index (χ4n) is 2.28. The normalized spacial score (nSPS) is 16.1. The highest BCUT2D eigenvalue weighted by Gasteiger charge is 2.30. The van der Waals surface area contributed by atoms with Crippen molar-refractivity contribution < 1.29 is 14.6 Å². The van der Waals surface area contributed by atoms with Crippen LogP contribution >= 0.6 is 0 Å². The van der Waals surface area contributed by atoms with Gasteiger partial charge in [-0.1, -0.05) is 19.1 Å². The maximum atomic E-state index is 11.0. The largest absolute Gasteiger partial charge is 0.492 e. The third kappa shape index (κ3) is 4.53. The molecule has 110 valence electrons. The summed E-state index contributed by atoms with van der Waals surface area (Å²) in [6.45, 7) is 5.80. The molecule has 1 saturated carbocycles. The molecule has 0 radical (unpaired) electrons. The molecule has 1 atom stereocenters. The lowest BCUT2D eigenvalue weighted by Gasteiger charge is -2.23. The van der Waals surface area contributed by atoms with Crippen LogP contribution in [0.5, 0.6) is 5.75 Å². The summed E-state index contributed by atoms with van der Waals surface area (Å²) >= 11 is 0. The van der Waals surface area contributed by atoms with E-state index < -0.39 is 5.97 Å². The molecule has 0 aromatic heterocycles. The van der Waals surface area contributed by atoms with E-state index in [1.54, 1.807) is 6.92 Å². The van der Waals surface area contributed by atoms with Gasteiger partial charge in [0.1, 0.15) is 12.4 Å². The minimum Gasteiger partial charge on any atom is -0.492 e. The third-order valence-electron chi connectivity index (χ3n) is 3.63. The molecule has 0 saturated heterocycles. The van der Waals surface area contributed by atoms with Gasteiger partial charge >= 0.3 is 5.97 Å². The average Bonchev–Trinajstić information content (AvgIpc) is 3.21. The van der Waals surface area contributed by atoms with Crippen LogP contribution < -0.4 is 4.74 Å². The predicted octanol–water partition coefficient (Wildman–Crippen LogP) is 2.56. The number of hydrogen-bond donors (Lipinski definition) is 1. The van der Waals surface area contributed by atoms with Crippen molar-refractivity contribution in [3.8, 4) is 5.75 Å². The zero-order valence-electron chi connectivity index (χ0n) is 12.2. The molecule has 4 heteroatoms. The molecule has 0 amide bonds. The molecule has 1 N–H and O–H groups in total. The van der Waals surface area contributed by atoms with Crippen molar-refractivity contribution in [3.05, 3.63) is 29.8 Å². The second-order valence-corrected chi connectivity index (χ2v) is 5.63. The lowest BCUT2D eigenvalue weighted by Crippen LogP contribution is -2.36. The zero-order valence-corrected chi connectivity index (χ0v) is 12.2. The molecule has 1 aromatic rings. The van der Waals surface area contributed by atoms with E-state index in [1.165, 1.54) is 18.4 Å². The van der Waals surface area contributed by atoms with Crippen LogP contribution in [0.15, 0.2) is 24.3 Å². The second kappa shape index (κ2) is 6.75. The van der Waals surface area contributed by atoms with Gasteiger partial charge in [0.25, 0.3) is 0 Å². The van der Waals surface area contributed by atoms with Gasteiger partial charge < -0.3 is 9.84 Å². The summed E-state index contributed by atoms with van der Waals surface area (Å²) in [5, 5.41) is 9.01. The number of carbonyl (C=O) groups is 1. The summed E-state index contributed by atoms with van der Waals surface area (Å²) in [5.41, 5.74) is 1.18. The number of benzene rings is 1. The van der Waals surface area contributed by atoms with E-state index >= 15 is 0 Å². The van der Waals surface area contributed by atoms with Crippen molar-refractivity contribution in [2.75, 3.05) is 19.7 Å². The third-order valence-corrected chi connectivity index (χ3v) is 3.63. The second-order valence-electron chi connectivity index (χ2n) is 5.63. The van der Waals surface area contributed by atoms with Crippen LogP contribution in [0.4, 0.5) is 0 Å². The Labute approximate surface area is 120 Å². The Morgan fingerprint density at radius 3 is 2.85 bits per heavy atom. The Morgan fingerprint density at radius 2 is 2.25 bits per heavy atom. The molecule has 0 heterocycles. The lowest BCUT2D eigenvalue weighted by atomic mass is 10.1. The molecule has 0 aliphatic heterocycles. The van der Waals surface area contributed by atoms with Crippen LogP contribution in [0.2, 0.25) is 0 Å². The summed E-state index contributed by atoms with van der Waals surface area (Å²) in [6.07, 6.45) is 2.35. The van der Waals surface area contributed by atoms with E-state index in [4.69, 9.17) is 9.84 Å². The summed E-state index contributed by atoms with van der Waals surface area (Å²) in [5.74, 6) is -0.170. The topological polar surface area (TPSA) is 49.8 Å². The van der Waals surface area contributed by atoms with E-state index in [-0.39, 0.29) is 5.92 Å². The molecular weight excluding hydrogens is 254 g/mol. The molecule has 1 aromatic carbocycles. The Balaban J connectivity index is 1.79. The first-order chi connectivity index (χ1) is 9.56. The summed E-state index contributed by atoms with van der Waals surface area (Å²) in [7, 11) is 0. The minimum atomic E-state index is -0.727. The lowest BCUT2D eigenvalue weighted by molar-refractivity contribution is -0.141. The first kappa shape index (κ1) is 14.9. The van der Waals surface area contributed by atoms with Gasteiger partial charge in [-0.2, -0.15) is 0 Å². The maximum absolute atomic E-state index is 11.0. The van der Waals surface area contributed by atoms with Crippen LogP contribution in [-0.2, 0) is 4.79 Å². The molecular formula is C16H23NO3. The maximum Gasteiger partial charge on any atom is 0.307 e. The number of nitrogens with zero attached hydrogens (tertiary/aromatic N) is 1. The summed E-state index contributed by atoms with van der Waals surface area (Å²) < 4.78 is 5.75. The number of hydrogen-bond acceptors (Lipinski definition) is 3. The SMILES string of the molecule is Cc1cccc(OCCN(CC(C)C(=O)O)C2CC2)c1. The molecule has 4 nitrogen and oxygen atoms in total. The van der Waals surface area contributed by atoms with Crippen molar-refractivity contribution in [2.24, 2.45) is 5.92 Å². The fourth-order valence-corrected chi connectivity index (χ4v) is 2.28. The van der Waals surface area contributed by atoms with E-state index in [9.17, 15) is 4.79 Å². The molecule has 1 aliphatic carbocycles. The van der Waals surface area contributed by atoms with Crippen LogP contribution in [0.1, 0.15) is 25.3 Å². The minimum absolute atomic E-state index is 0.324. The van der Waals surface area contributed by atoms with E-state index in [0.717, 1.165) is 12.3 Å². The molecule has 1 unspecified atom stereocenters. The van der Waals surface area contributed by atoms with Gasteiger partial charge in [-0.05, 0) is 37.5 Å². The van der Waals surface area contributed by atoms with Crippen LogP contribution in [0.3, 0.4) is 0 Å². The average molecular weight is 277 g/mol. The molecule has 2 rings (SSSR count). The smallest absolute Gasteiger partial charge is 0.307 e. The van der Waals surface area contributed by atoms with Crippen molar-refractivity contribution in [1.82, 2.24) is 4.90 Å². The van der Waals surface area contributed by atoms with E-state index in [0.29, 0.717) is 19.2 Å². The van der Waals surface area contributed by atoms with Crippen LogP contribution in [0, 0.1) is 12.8 Å². The zero-order chi connectivity index (χ0) is 14.5. The van der Waals surface area contributed by atoms with E-state index in [2.05, 4.69) is 4.90 Å². The number of carboxylic acids is 1. The van der Waals surface area contributed by atoms with Crippen molar-refractivity contribution in [1.29, 1.82) is 0 Å². The molecule has 0 spiro atoms. The molecule has 20 heavy (non-hydrogen) atoms. The Hall–Kier alpha value is -1.55. The quantitative estimate of drug-likeness (QED) is 0.793. The van der Waals surface area contributed by atoms with Gasteiger partial charge in [-0.25, -0.2) is 0 Å². The highest BCUT2D eigenvalue weighted by Crippen LogP contribution is 2.27. The summed E-state index contributed by atoms with van der Waals surface area (Å²) in [6, 6.07) is 8.54. The summed E-state index contributed by atoms with van der Waals surface area (Å²) in [4.78, 5) is 13.2. The fraction of sp³-hybridized carbons (Fsp3) is 0.562. The molecule has 1 fully saturated rings. The Bertz CT molecular complexity index is 457. The molecule has 0 bridgehead atoms. The van der Waals surface area contributed by atoms with Gasteiger partial charge in [-0.15, -0.1) is 0 Å². The van der Waals surface area contributed by atoms with Gasteiger partial charge in [0.15, 0.2) is 0 Å². The van der Waals surface area contributed by atoms with Crippen LogP contribution in [0.25, 0.3) is 0 Å². The number of aliphatic carboxylic acids is 1. The first-order valence-corrected chi connectivity index (χ1v) is 7.22. The highest BCUT2D eigenvalue weighted by atomic mass is 16.5. The van der Waals surface area contributed by atoms with E-state index in [1.807, 2.05) is 31.2 Å². The first-order valence-electron chi connectivity index (χ1n) is 7.22. The van der Waals surface area contributed by atoms with Crippen molar-refractivity contribution >= 4 is 5.97 Å². The standard InChI is InChI=1S/C16H23NO3/c1-12-4-3-5-15(10-12)20-9-8-17(14-6-7-14)11-13(2)16(18)19/h3-5,10,13-14H,6-9,11H2,1-2H3,(H,18,19). The van der Waals surface area contributed by atoms with Gasteiger partial charge in [0.05, 0.1) is 5.92 Å². The van der Waals surface area contributed by atoms with Gasteiger partial charge in [-0.3, -0.25) is 9.69 Å². The number of ether oxygens (including phenoxy) is 1. The number of rotatable bonds is 8. The number of aryl methyl sites for hydroxylation is 1. The monoisotopic (exact) mass is 277 g/mol. The highest BCUT2D eigenvalue weighted by molar-refractivity contribution is 5.69. The van der Waals surface area contributed by atoms with Crippen LogP contribution in [-0.4, -0.2) is 41.7 Å². The molecule has 1 aliphatic rings.